The van der Waals surface area contributed by atoms with Crippen molar-refractivity contribution in [1.29, 1.82) is 0 Å². The molecular formula is C21H25N3O3. The Morgan fingerprint density at radius 1 is 0.778 bits per heavy atom. The standard InChI is InChI=1S/C21H25N3O3/c1-5-18(25)23-24-20(27)15-8-12-17(13-9-15)22-19(26)14-6-10-16(11-7-14)21(2,3)4/h6-13H,5H2,1-4H3,(H,22,26)(H,23,25)(H,24,27). The van der Waals surface area contributed by atoms with Crippen molar-refractivity contribution in [2.24, 2.45) is 0 Å². The first-order valence-electron chi connectivity index (χ1n) is 8.82. The van der Waals surface area contributed by atoms with E-state index in [2.05, 4.69) is 36.9 Å². The van der Waals surface area contributed by atoms with Crippen molar-refractivity contribution in [3.05, 3.63) is 65.2 Å². The highest BCUT2D eigenvalue weighted by Crippen LogP contribution is 2.22. The Morgan fingerprint density at radius 2 is 1.30 bits per heavy atom. The molecule has 0 radical (unpaired) electrons. The van der Waals surface area contributed by atoms with Crippen LogP contribution in [0, 0.1) is 0 Å². The fourth-order valence-corrected chi connectivity index (χ4v) is 2.32. The van der Waals surface area contributed by atoms with Crippen molar-refractivity contribution in [2.75, 3.05) is 5.32 Å². The Morgan fingerprint density at radius 3 is 1.81 bits per heavy atom. The van der Waals surface area contributed by atoms with Gasteiger partial charge < -0.3 is 5.32 Å². The molecule has 0 bridgehead atoms. The molecule has 6 nitrogen and oxygen atoms in total. The van der Waals surface area contributed by atoms with E-state index < -0.39 is 5.91 Å². The van der Waals surface area contributed by atoms with E-state index in [9.17, 15) is 14.4 Å². The molecule has 0 aromatic heterocycles. The molecule has 0 spiro atoms. The van der Waals surface area contributed by atoms with Gasteiger partial charge in [-0.05, 0) is 47.4 Å². The van der Waals surface area contributed by atoms with Crippen LogP contribution in [0.4, 0.5) is 5.69 Å². The molecule has 2 aromatic rings. The van der Waals surface area contributed by atoms with E-state index in [4.69, 9.17) is 0 Å². The zero-order valence-electron chi connectivity index (χ0n) is 16.1. The number of amides is 3. The second kappa shape index (κ2) is 8.49. The van der Waals surface area contributed by atoms with Crippen LogP contribution in [0.25, 0.3) is 0 Å². The van der Waals surface area contributed by atoms with Crippen molar-refractivity contribution < 1.29 is 14.4 Å². The van der Waals surface area contributed by atoms with Crippen molar-refractivity contribution in [3.8, 4) is 0 Å². The minimum atomic E-state index is -0.424. The number of carbonyl (C=O) groups is 3. The monoisotopic (exact) mass is 367 g/mol. The minimum absolute atomic E-state index is 0.0298. The molecule has 0 aliphatic heterocycles. The average molecular weight is 367 g/mol. The largest absolute Gasteiger partial charge is 0.322 e. The molecule has 2 rings (SSSR count). The Bertz CT molecular complexity index is 819. The van der Waals surface area contributed by atoms with Crippen molar-refractivity contribution in [3.63, 3.8) is 0 Å². The smallest absolute Gasteiger partial charge is 0.269 e. The molecular weight excluding hydrogens is 342 g/mol. The molecule has 0 aliphatic carbocycles. The maximum atomic E-state index is 12.4. The van der Waals surface area contributed by atoms with Crippen LogP contribution in [0.1, 0.15) is 60.4 Å². The third-order valence-corrected chi connectivity index (χ3v) is 4.05. The van der Waals surface area contributed by atoms with Crippen LogP contribution in [0.15, 0.2) is 48.5 Å². The van der Waals surface area contributed by atoms with E-state index in [1.807, 2.05) is 12.1 Å². The molecule has 0 saturated heterocycles. The number of hydrazine groups is 1. The molecule has 0 fully saturated rings. The third kappa shape index (κ3) is 5.67. The first kappa shape index (κ1) is 20.2. The maximum absolute atomic E-state index is 12.4. The molecule has 6 heteroatoms. The molecule has 3 N–H and O–H groups in total. The highest BCUT2D eigenvalue weighted by atomic mass is 16.2. The summed E-state index contributed by atoms with van der Waals surface area (Å²) >= 11 is 0. The van der Waals surface area contributed by atoms with Crippen molar-refractivity contribution in [1.82, 2.24) is 10.9 Å². The number of nitrogens with one attached hydrogen (secondary N) is 3. The van der Waals surface area contributed by atoms with Gasteiger partial charge in [-0.15, -0.1) is 0 Å². The van der Waals surface area contributed by atoms with E-state index in [1.165, 1.54) is 0 Å². The summed E-state index contributed by atoms with van der Waals surface area (Å²) in [6, 6.07) is 13.9. The first-order chi connectivity index (χ1) is 12.7. The van der Waals surface area contributed by atoms with E-state index >= 15 is 0 Å². The summed E-state index contributed by atoms with van der Waals surface area (Å²) in [4.78, 5) is 35.4. The van der Waals surface area contributed by atoms with Crippen LogP contribution < -0.4 is 16.2 Å². The summed E-state index contributed by atoms with van der Waals surface area (Å²) < 4.78 is 0. The maximum Gasteiger partial charge on any atom is 0.269 e. The molecule has 0 atom stereocenters. The van der Waals surface area contributed by atoms with Crippen molar-refractivity contribution in [2.45, 2.75) is 39.5 Å². The van der Waals surface area contributed by atoms with Gasteiger partial charge in [-0.25, -0.2) is 0 Å². The average Bonchev–Trinajstić information content (AvgIpc) is 2.65. The molecule has 0 unspecified atom stereocenters. The second-order valence-corrected chi connectivity index (χ2v) is 7.21. The van der Waals surface area contributed by atoms with Gasteiger partial charge in [0.25, 0.3) is 11.8 Å². The molecule has 27 heavy (non-hydrogen) atoms. The summed E-state index contributed by atoms with van der Waals surface area (Å²) in [7, 11) is 0. The molecule has 3 amide bonds. The van der Waals surface area contributed by atoms with Gasteiger partial charge in [-0.1, -0.05) is 39.8 Å². The highest BCUT2D eigenvalue weighted by molar-refractivity contribution is 6.04. The Hall–Kier alpha value is -3.15. The lowest BCUT2D eigenvalue weighted by molar-refractivity contribution is -0.121. The number of carbonyl (C=O) groups excluding carboxylic acids is 3. The minimum Gasteiger partial charge on any atom is -0.322 e. The zero-order valence-corrected chi connectivity index (χ0v) is 16.1. The molecule has 142 valence electrons. The normalized spacial score (nSPS) is 10.8. The molecule has 0 heterocycles. The lowest BCUT2D eigenvalue weighted by atomic mass is 9.87. The van der Waals surface area contributed by atoms with Gasteiger partial charge in [0.15, 0.2) is 0 Å². The van der Waals surface area contributed by atoms with E-state index in [0.29, 0.717) is 16.8 Å². The van der Waals surface area contributed by atoms with Gasteiger partial charge in [0.2, 0.25) is 5.91 Å². The first-order valence-corrected chi connectivity index (χ1v) is 8.82. The summed E-state index contributed by atoms with van der Waals surface area (Å²) in [6.45, 7) is 8.05. The van der Waals surface area contributed by atoms with Gasteiger partial charge in [0.1, 0.15) is 0 Å². The van der Waals surface area contributed by atoms with Crippen LogP contribution in [0.3, 0.4) is 0 Å². The fraction of sp³-hybridized carbons (Fsp3) is 0.286. The Kier molecular flexibility index (Phi) is 6.34. The van der Waals surface area contributed by atoms with Crippen molar-refractivity contribution >= 4 is 23.4 Å². The third-order valence-electron chi connectivity index (χ3n) is 4.05. The van der Waals surface area contributed by atoms with Gasteiger partial charge in [-0.2, -0.15) is 0 Å². The predicted molar refractivity (Wildman–Crippen MR) is 105 cm³/mol. The van der Waals surface area contributed by atoms with Crippen LogP contribution in [0.5, 0.6) is 0 Å². The lowest BCUT2D eigenvalue weighted by Crippen LogP contribution is -2.41. The number of anilines is 1. The van der Waals surface area contributed by atoms with E-state index in [-0.39, 0.29) is 23.7 Å². The predicted octanol–water partition coefficient (Wildman–Crippen LogP) is 3.41. The number of hydrogen-bond acceptors (Lipinski definition) is 3. The van der Waals surface area contributed by atoms with Gasteiger partial charge in [-0.3, -0.25) is 25.2 Å². The van der Waals surface area contributed by atoms with Gasteiger partial charge in [0, 0.05) is 23.2 Å². The summed E-state index contributed by atoms with van der Waals surface area (Å²) in [5, 5.41) is 2.80. The van der Waals surface area contributed by atoms with Crippen LogP contribution in [-0.4, -0.2) is 17.7 Å². The number of benzene rings is 2. The Balaban J connectivity index is 1.98. The lowest BCUT2D eigenvalue weighted by Gasteiger charge is -2.19. The quantitative estimate of drug-likeness (QED) is 0.724. The SMILES string of the molecule is CCC(=O)NNC(=O)c1ccc(NC(=O)c2ccc(C(C)(C)C)cc2)cc1. The summed E-state index contributed by atoms with van der Waals surface area (Å²) in [5.74, 6) is -0.917. The van der Waals surface area contributed by atoms with E-state index in [1.54, 1.807) is 43.3 Å². The van der Waals surface area contributed by atoms with Crippen LogP contribution in [-0.2, 0) is 10.2 Å². The number of rotatable bonds is 4. The van der Waals surface area contributed by atoms with Crippen LogP contribution in [0.2, 0.25) is 0 Å². The fourth-order valence-electron chi connectivity index (χ4n) is 2.32. The second-order valence-electron chi connectivity index (χ2n) is 7.21. The molecule has 2 aromatic carbocycles. The summed E-state index contributed by atoms with van der Waals surface area (Å²) in [5.41, 5.74) is 7.33. The van der Waals surface area contributed by atoms with Gasteiger partial charge in [0.05, 0.1) is 0 Å². The Labute approximate surface area is 159 Å². The van der Waals surface area contributed by atoms with E-state index in [0.717, 1.165) is 5.56 Å². The topological polar surface area (TPSA) is 87.3 Å². The highest BCUT2D eigenvalue weighted by Gasteiger charge is 2.14. The zero-order chi connectivity index (χ0) is 20.0. The molecule has 0 saturated carbocycles. The molecule has 0 aliphatic rings. The van der Waals surface area contributed by atoms with Gasteiger partial charge >= 0.3 is 0 Å². The van der Waals surface area contributed by atoms with Crippen LogP contribution >= 0.6 is 0 Å². The summed E-state index contributed by atoms with van der Waals surface area (Å²) in [6.07, 6.45) is 0.280. The number of hydrogen-bond donors (Lipinski definition) is 3.